The van der Waals surface area contributed by atoms with Crippen LogP contribution in [0, 0.1) is 18.3 Å². The van der Waals surface area contributed by atoms with Gasteiger partial charge in [-0.2, -0.15) is 16.6 Å². The van der Waals surface area contributed by atoms with Crippen LogP contribution in [0.5, 0.6) is 0 Å². The minimum Gasteiger partial charge on any atom is -0.323 e. The Bertz CT molecular complexity index is 826. The van der Waals surface area contributed by atoms with Gasteiger partial charge in [0, 0.05) is 12.3 Å². The molecule has 1 aromatic carbocycles. The zero-order chi connectivity index (χ0) is 14.8. The van der Waals surface area contributed by atoms with Crippen LogP contribution in [-0.4, -0.2) is 15.4 Å². The number of para-hydroxylation sites is 1. The summed E-state index contributed by atoms with van der Waals surface area (Å²) in [5, 5.41) is 13.6. The summed E-state index contributed by atoms with van der Waals surface area (Å²) < 4.78 is 2.17. The lowest BCUT2D eigenvalue weighted by molar-refractivity contribution is 0.753. The van der Waals surface area contributed by atoms with Gasteiger partial charge in [0.25, 0.3) is 0 Å². The molecule has 0 aliphatic carbocycles. The van der Waals surface area contributed by atoms with Gasteiger partial charge < -0.3 is 4.57 Å². The Morgan fingerprint density at radius 1 is 1.38 bits per heavy atom. The molecule has 21 heavy (non-hydrogen) atoms. The van der Waals surface area contributed by atoms with Crippen molar-refractivity contribution in [1.29, 1.82) is 5.26 Å². The van der Waals surface area contributed by atoms with Crippen LogP contribution in [0.25, 0.3) is 11.0 Å². The van der Waals surface area contributed by atoms with Gasteiger partial charge in [0.1, 0.15) is 17.4 Å². The molecule has 0 unspecified atom stereocenters. The third-order valence-electron chi connectivity index (χ3n) is 3.59. The normalized spacial score (nSPS) is 10.9. The fraction of sp³-hybridized carbons (Fsp3) is 0.250. The minimum absolute atomic E-state index is 0.522. The molecule has 106 valence electrons. The Morgan fingerprint density at radius 2 is 2.24 bits per heavy atom. The molecule has 0 saturated carbocycles. The molecule has 2 heterocycles. The van der Waals surface area contributed by atoms with Crippen LogP contribution in [-0.2, 0) is 13.0 Å². The van der Waals surface area contributed by atoms with E-state index in [4.69, 9.17) is 11.6 Å². The monoisotopic (exact) mass is 315 g/mol. The zero-order valence-electron chi connectivity index (χ0n) is 11.6. The van der Waals surface area contributed by atoms with Crippen LogP contribution in [0.4, 0.5) is 0 Å². The van der Waals surface area contributed by atoms with E-state index in [1.807, 2.05) is 12.1 Å². The quantitative estimate of drug-likeness (QED) is 0.680. The summed E-state index contributed by atoms with van der Waals surface area (Å²) in [5.74, 6) is 1.46. The van der Waals surface area contributed by atoms with Crippen LogP contribution in [0.2, 0.25) is 0 Å². The van der Waals surface area contributed by atoms with Gasteiger partial charge in [0.2, 0.25) is 0 Å². The first-order valence-electron chi connectivity index (χ1n) is 6.70. The third kappa shape index (κ3) is 2.55. The van der Waals surface area contributed by atoms with Gasteiger partial charge in [-0.15, -0.1) is 11.6 Å². The van der Waals surface area contributed by atoms with Gasteiger partial charge >= 0.3 is 0 Å². The van der Waals surface area contributed by atoms with Crippen molar-refractivity contribution in [3.05, 3.63) is 51.5 Å². The number of imidazole rings is 1. The first-order valence-corrected chi connectivity index (χ1v) is 8.18. The van der Waals surface area contributed by atoms with Crippen molar-refractivity contribution in [2.75, 3.05) is 5.88 Å². The standard InChI is InChI=1S/C16H14ClN3S/c1-11-9-21-10-13(11)8-20-14-4-2-3-12(7-18)16(14)19-15(20)5-6-17/h2-4,9-10H,5-6,8H2,1H3. The molecule has 2 aromatic heterocycles. The number of alkyl halides is 1. The van der Waals surface area contributed by atoms with E-state index in [9.17, 15) is 5.26 Å². The molecule has 5 heteroatoms. The Labute approximate surface area is 132 Å². The van der Waals surface area contributed by atoms with E-state index < -0.39 is 0 Å². The second kappa shape index (κ2) is 5.88. The summed E-state index contributed by atoms with van der Waals surface area (Å²) in [6, 6.07) is 7.94. The van der Waals surface area contributed by atoms with E-state index in [1.54, 1.807) is 17.4 Å². The highest BCUT2D eigenvalue weighted by atomic mass is 35.5. The molecule has 0 N–H and O–H groups in total. The summed E-state index contributed by atoms with van der Waals surface area (Å²) in [6.07, 6.45) is 0.699. The van der Waals surface area contributed by atoms with Gasteiger partial charge in [-0.1, -0.05) is 6.07 Å². The van der Waals surface area contributed by atoms with E-state index in [0.717, 1.165) is 23.4 Å². The third-order valence-corrected chi connectivity index (χ3v) is 4.69. The predicted molar refractivity (Wildman–Crippen MR) is 87.0 cm³/mol. The van der Waals surface area contributed by atoms with Crippen molar-refractivity contribution < 1.29 is 0 Å². The molecule has 0 aliphatic rings. The van der Waals surface area contributed by atoms with Gasteiger partial charge in [0.15, 0.2) is 0 Å². The Balaban J connectivity index is 2.17. The highest BCUT2D eigenvalue weighted by Crippen LogP contribution is 2.23. The lowest BCUT2D eigenvalue weighted by atomic mass is 10.2. The van der Waals surface area contributed by atoms with E-state index in [2.05, 4.69) is 33.3 Å². The van der Waals surface area contributed by atoms with Crippen molar-refractivity contribution in [2.45, 2.75) is 19.9 Å². The number of aromatic nitrogens is 2. The first-order chi connectivity index (χ1) is 10.2. The lowest BCUT2D eigenvalue weighted by Crippen LogP contribution is -2.06. The smallest absolute Gasteiger partial charge is 0.111 e. The van der Waals surface area contributed by atoms with Crippen molar-refractivity contribution in [1.82, 2.24) is 9.55 Å². The largest absolute Gasteiger partial charge is 0.323 e. The highest BCUT2D eigenvalue weighted by molar-refractivity contribution is 7.08. The Morgan fingerprint density at radius 3 is 2.90 bits per heavy atom. The highest BCUT2D eigenvalue weighted by Gasteiger charge is 2.14. The maximum atomic E-state index is 9.24. The molecule has 0 radical (unpaired) electrons. The van der Waals surface area contributed by atoms with E-state index >= 15 is 0 Å². The zero-order valence-corrected chi connectivity index (χ0v) is 13.2. The number of hydrogen-bond donors (Lipinski definition) is 0. The molecule has 0 bridgehead atoms. The molecule has 0 atom stereocenters. The number of thiophene rings is 1. The predicted octanol–water partition coefficient (Wildman–Crippen LogP) is 4.11. The molecule has 3 aromatic rings. The molecular formula is C16H14ClN3S. The van der Waals surface area contributed by atoms with Gasteiger partial charge in [0.05, 0.1) is 17.6 Å². The van der Waals surface area contributed by atoms with Crippen LogP contribution >= 0.6 is 22.9 Å². The number of nitriles is 1. The number of aryl methyl sites for hydroxylation is 2. The fourth-order valence-corrected chi connectivity index (χ4v) is 3.47. The van der Waals surface area contributed by atoms with Crippen LogP contribution in [0.1, 0.15) is 22.5 Å². The molecule has 3 rings (SSSR count). The van der Waals surface area contributed by atoms with E-state index in [-0.39, 0.29) is 0 Å². The number of rotatable bonds is 4. The first kappa shape index (κ1) is 14.1. The molecule has 0 aliphatic heterocycles. The summed E-state index contributed by atoms with van der Waals surface area (Å²) >= 11 is 7.61. The van der Waals surface area contributed by atoms with Crippen molar-refractivity contribution in [3.8, 4) is 6.07 Å². The van der Waals surface area contributed by atoms with Gasteiger partial charge in [-0.3, -0.25) is 0 Å². The summed E-state index contributed by atoms with van der Waals surface area (Å²) in [4.78, 5) is 4.64. The molecular weight excluding hydrogens is 302 g/mol. The molecule has 0 fully saturated rings. The molecule has 3 nitrogen and oxygen atoms in total. The van der Waals surface area contributed by atoms with Crippen LogP contribution in [0.3, 0.4) is 0 Å². The fourth-order valence-electron chi connectivity index (χ4n) is 2.46. The van der Waals surface area contributed by atoms with Crippen molar-refractivity contribution in [2.24, 2.45) is 0 Å². The topological polar surface area (TPSA) is 41.6 Å². The maximum absolute atomic E-state index is 9.24. The van der Waals surface area contributed by atoms with Crippen LogP contribution in [0.15, 0.2) is 29.0 Å². The van der Waals surface area contributed by atoms with Crippen molar-refractivity contribution in [3.63, 3.8) is 0 Å². The van der Waals surface area contributed by atoms with Gasteiger partial charge in [-0.05, 0) is 40.9 Å². The summed E-state index contributed by atoms with van der Waals surface area (Å²) in [5.41, 5.74) is 4.96. The number of halogens is 1. The molecule has 0 amide bonds. The average molecular weight is 316 g/mol. The van der Waals surface area contributed by atoms with E-state index in [0.29, 0.717) is 17.9 Å². The van der Waals surface area contributed by atoms with Gasteiger partial charge in [-0.25, -0.2) is 4.98 Å². The Kier molecular flexibility index (Phi) is 3.96. The van der Waals surface area contributed by atoms with E-state index in [1.165, 1.54) is 11.1 Å². The minimum atomic E-state index is 0.522. The molecule has 0 spiro atoms. The summed E-state index contributed by atoms with van der Waals surface area (Å²) in [6.45, 7) is 2.89. The SMILES string of the molecule is Cc1cscc1Cn1c(CCCl)nc2c(C#N)cccc21. The number of nitrogens with zero attached hydrogens (tertiary/aromatic N) is 3. The second-order valence-electron chi connectivity index (χ2n) is 4.92. The average Bonchev–Trinajstić information content (AvgIpc) is 3.05. The summed E-state index contributed by atoms with van der Waals surface area (Å²) in [7, 11) is 0. The number of benzene rings is 1. The number of hydrogen-bond acceptors (Lipinski definition) is 3. The van der Waals surface area contributed by atoms with Crippen molar-refractivity contribution >= 4 is 34.0 Å². The van der Waals surface area contributed by atoms with Crippen LogP contribution < -0.4 is 0 Å². The number of fused-ring (bicyclic) bond motifs is 1. The maximum Gasteiger partial charge on any atom is 0.111 e. The Hall–Kier alpha value is -1.83. The second-order valence-corrected chi connectivity index (χ2v) is 6.04. The lowest BCUT2D eigenvalue weighted by Gasteiger charge is -2.08. The molecule has 0 saturated heterocycles.